The largest absolute Gasteiger partial charge is 0.416 e. The first-order chi connectivity index (χ1) is 14.6. The predicted molar refractivity (Wildman–Crippen MR) is 105 cm³/mol. The lowest BCUT2D eigenvalue weighted by molar-refractivity contribution is -0.203. The monoisotopic (exact) mass is 460 g/mol. The van der Waals surface area contributed by atoms with Crippen molar-refractivity contribution in [3.8, 4) is 0 Å². The molecule has 2 saturated heterocycles. The van der Waals surface area contributed by atoms with Crippen LogP contribution in [0.3, 0.4) is 0 Å². The summed E-state index contributed by atoms with van der Waals surface area (Å²) in [5, 5.41) is 2.98. The zero-order chi connectivity index (χ0) is 22.2. The highest BCUT2D eigenvalue weighted by Crippen LogP contribution is 2.34. The van der Waals surface area contributed by atoms with Gasteiger partial charge >= 0.3 is 6.18 Å². The molecule has 12 heteroatoms. The van der Waals surface area contributed by atoms with Crippen molar-refractivity contribution >= 4 is 15.7 Å². The molecule has 0 unspecified atom stereocenters. The molecular formula is C19H23F3N4O4S. The van der Waals surface area contributed by atoms with E-state index in [4.69, 9.17) is 9.47 Å². The number of aromatic nitrogens is 2. The molecule has 1 aromatic heterocycles. The molecule has 2 aliphatic heterocycles. The number of sulfonamides is 1. The Kier molecular flexibility index (Phi) is 5.99. The molecule has 170 valence electrons. The third kappa shape index (κ3) is 4.71. The van der Waals surface area contributed by atoms with E-state index in [-0.39, 0.29) is 23.8 Å². The minimum absolute atomic E-state index is 0.0447. The molecule has 2 fully saturated rings. The molecule has 1 aromatic carbocycles. The summed E-state index contributed by atoms with van der Waals surface area (Å²) in [6, 6.07) is 4.32. The number of aryl methyl sites for hydroxylation is 1. The Labute approximate surface area is 178 Å². The van der Waals surface area contributed by atoms with Crippen LogP contribution in [0.4, 0.5) is 18.9 Å². The number of alkyl halides is 3. The minimum Gasteiger partial charge on any atom is -0.380 e. The molecule has 1 N–H and O–H groups in total. The molecular weight excluding hydrogens is 437 g/mol. The van der Waals surface area contributed by atoms with E-state index in [0.717, 1.165) is 18.6 Å². The maximum atomic E-state index is 13.1. The van der Waals surface area contributed by atoms with Crippen molar-refractivity contribution in [2.75, 3.05) is 31.6 Å². The summed E-state index contributed by atoms with van der Waals surface area (Å²) in [6.07, 6.45) is -1.60. The molecule has 4 rings (SSSR count). The first kappa shape index (κ1) is 22.1. The van der Waals surface area contributed by atoms with Gasteiger partial charge in [-0.1, -0.05) is 6.07 Å². The van der Waals surface area contributed by atoms with E-state index in [2.05, 4.69) is 10.3 Å². The molecule has 0 radical (unpaired) electrons. The Bertz CT molecular complexity index is 1020. The van der Waals surface area contributed by atoms with Gasteiger partial charge in [0.2, 0.25) is 0 Å². The third-order valence-electron chi connectivity index (χ3n) is 5.36. The quantitative estimate of drug-likeness (QED) is 0.737. The standard InChI is InChI=1S/C19H23F3N4O4S/c1-25-11-17(23-12-25)31(27,28)26-9-15(18-29-6-3-7-30-18)16(10-26)24-14-5-2-4-13(8-14)19(20,21)22/h2,4-5,8,11-12,15-16,18,24H,3,6-7,9-10H2,1H3/t15-,16-/m0/s1. The molecule has 8 nitrogen and oxygen atoms in total. The lowest BCUT2D eigenvalue weighted by Crippen LogP contribution is -2.41. The van der Waals surface area contributed by atoms with Gasteiger partial charge in [0.05, 0.1) is 25.1 Å². The Morgan fingerprint density at radius 2 is 1.94 bits per heavy atom. The molecule has 0 bridgehead atoms. The van der Waals surface area contributed by atoms with Gasteiger partial charge in [0.15, 0.2) is 11.3 Å². The number of ether oxygens (including phenoxy) is 2. The second-order valence-electron chi connectivity index (χ2n) is 7.66. The highest BCUT2D eigenvalue weighted by atomic mass is 32.2. The Morgan fingerprint density at radius 1 is 1.19 bits per heavy atom. The van der Waals surface area contributed by atoms with Gasteiger partial charge < -0.3 is 19.4 Å². The summed E-state index contributed by atoms with van der Waals surface area (Å²) in [6.45, 7) is 1.10. The van der Waals surface area contributed by atoms with E-state index in [0.29, 0.717) is 13.2 Å². The highest BCUT2D eigenvalue weighted by molar-refractivity contribution is 7.89. The predicted octanol–water partition coefficient (Wildman–Crippen LogP) is 2.30. The van der Waals surface area contributed by atoms with E-state index in [1.54, 1.807) is 7.05 Å². The fourth-order valence-corrected chi connectivity index (χ4v) is 5.29. The van der Waals surface area contributed by atoms with Crippen LogP contribution >= 0.6 is 0 Å². The summed E-state index contributed by atoms with van der Waals surface area (Å²) < 4.78 is 79.6. The van der Waals surface area contributed by atoms with Crippen LogP contribution < -0.4 is 5.32 Å². The zero-order valence-corrected chi connectivity index (χ0v) is 17.6. The molecule has 2 aliphatic rings. The summed E-state index contributed by atoms with van der Waals surface area (Å²) in [5.74, 6) is -0.409. The number of imidazole rings is 1. The maximum Gasteiger partial charge on any atom is 0.416 e. The van der Waals surface area contributed by atoms with Crippen LogP contribution in [0.15, 0.2) is 41.8 Å². The van der Waals surface area contributed by atoms with Crippen LogP contribution in [0.2, 0.25) is 0 Å². The van der Waals surface area contributed by atoms with Crippen molar-refractivity contribution in [1.29, 1.82) is 0 Å². The number of hydrogen-bond acceptors (Lipinski definition) is 6. The molecule has 0 saturated carbocycles. The summed E-state index contributed by atoms with van der Waals surface area (Å²) in [5.41, 5.74) is -0.534. The zero-order valence-electron chi connectivity index (χ0n) is 16.7. The summed E-state index contributed by atoms with van der Waals surface area (Å²) >= 11 is 0. The smallest absolute Gasteiger partial charge is 0.380 e. The van der Waals surface area contributed by atoms with E-state index in [1.807, 2.05) is 0 Å². The molecule has 2 atom stereocenters. The molecule has 2 aromatic rings. The second-order valence-corrected chi connectivity index (χ2v) is 9.54. The Hall–Kier alpha value is -2.15. The number of rotatable bonds is 5. The van der Waals surface area contributed by atoms with E-state index in [9.17, 15) is 21.6 Å². The Balaban J connectivity index is 1.59. The number of halogens is 3. The molecule has 3 heterocycles. The molecule has 0 spiro atoms. The number of nitrogens with zero attached hydrogens (tertiary/aromatic N) is 3. The number of nitrogens with one attached hydrogen (secondary N) is 1. The van der Waals surface area contributed by atoms with Crippen LogP contribution in [0, 0.1) is 5.92 Å². The van der Waals surface area contributed by atoms with Crippen LogP contribution in [0.5, 0.6) is 0 Å². The SMILES string of the molecule is Cn1cnc(S(=O)(=O)N2C[C@H](Nc3cccc(C(F)(F)F)c3)[C@@H](C3OCCCO3)C2)c1. The number of benzene rings is 1. The van der Waals surface area contributed by atoms with E-state index >= 15 is 0 Å². The van der Waals surface area contributed by atoms with Crippen molar-refractivity contribution in [2.24, 2.45) is 13.0 Å². The van der Waals surface area contributed by atoms with E-state index < -0.39 is 40.0 Å². The van der Waals surface area contributed by atoms with Gasteiger partial charge in [0.25, 0.3) is 10.0 Å². The summed E-state index contributed by atoms with van der Waals surface area (Å²) in [7, 11) is -2.21. The van der Waals surface area contributed by atoms with Crippen molar-refractivity contribution in [1.82, 2.24) is 13.9 Å². The van der Waals surface area contributed by atoms with Gasteiger partial charge in [-0.05, 0) is 24.6 Å². The second kappa shape index (κ2) is 8.41. The fourth-order valence-electron chi connectivity index (χ4n) is 3.82. The lowest BCUT2D eigenvalue weighted by Gasteiger charge is -2.31. The van der Waals surface area contributed by atoms with Crippen molar-refractivity contribution in [2.45, 2.75) is 30.0 Å². The van der Waals surface area contributed by atoms with Crippen molar-refractivity contribution < 1.29 is 31.1 Å². The van der Waals surface area contributed by atoms with Gasteiger partial charge in [-0.3, -0.25) is 0 Å². The van der Waals surface area contributed by atoms with Gasteiger partial charge in [0, 0.05) is 44.0 Å². The van der Waals surface area contributed by atoms with Gasteiger partial charge in [-0.15, -0.1) is 0 Å². The fraction of sp³-hybridized carbons (Fsp3) is 0.526. The normalized spacial score (nSPS) is 23.9. The van der Waals surface area contributed by atoms with Gasteiger partial charge in [0.1, 0.15) is 0 Å². The first-order valence-corrected chi connectivity index (χ1v) is 11.2. The van der Waals surface area contributed by atoms with Crippen LogP contribution in [0.1, 0.15) is 12.0 Å². The number of hydrogen-bond donors (Lipinski definition) is 1. The maximum absolute atomic E-state index is 13.1. The lowest BCUT2D eigenvalue weighted by atomic mass is 10.0. The topological polar surface area (TPSA) is 85.7 Å². The van der Waals surface area contributed by atoms with Gasteiger partial charge in [-0.25, -0.2) is 13.4 Å². The molecule has 0 amide bonds. The highest BCUT2D eigenvalue weighted by Gasteiger charge is 2.45. The molecule has 0 aliphatic carbocycles. The van der Waals surface area contributed by atoms with E-state index in [1.165, 1.54) is 33.5 Å². The van der Waals surface area contributed by atoms with Crippen molar-refractivity contribution in [3.05, 3.63) is 42.4 Å². The van der Waals surface area contributed by atoms with Crippen LogP contribution in [-0.4, -0.2) is 60.9 Å². The average molecular weight is 460 g/mol. The summed E-state index contributed by atoms with van der Waals surface area (Å²) in [4.78, 5) is 3.94. The van der Waals surface area contributed by atoms with Crippen LogP contribution in [-0.2, 0) is 32.7 Å². The number of anilines is 1. The van der Waals surface area contributed by atoms with Crippen molar-refractivity contribution in [3.63, 3.8) is 0 Å². The van der Waals surface area contributed by atoms with Crippen LogP contribution in [0.25, 0.3) is 0 Å². The van der Waals surface area contributed by atoms with Gasteiger partial charge in [-0.2, -0.15) is 17.5 Å². The minimum atomic E-state index is -4.48. The first-order valence-electron chi connectivity index (χ1n) is 9.80. The average Bonchev–Trinajstić information content (AvgIpc) is 3.36. The molecule has 31 heavy (non-hydrogen) atoms. The Morgan fingerprint density at radius 3 is 2.58 bits per heavy atom. The third-order valence-corrected chi connectivity index (χ3v) is 7.08.